The van der Waals surface area contributed by atoms with Gasteiger partial charge in [-0.1, -0.05) is 0 Å². The van der Waals surface area contributed by atoms with Crippen LogP contribution in [0.15, 0.2) is 24.3 Å². The number of hydrogen-bond acceptors (Lipinski definition) is 3. The fraction of sp³-hybridized carbons (Fsp3) is 0.500. The number of nitrogens with one attached hydrogen (secondary N) is 1. The largest absolute Gasteiger partial charge is 0.365 e. The van der Waals surface area contributed by atoms with Crippen molar-refractivity contribution in [1.82, 2.24) is 5.32 Å². The maximum atomic E-state index is 8.81. The molecular weight excluding hydrogens is 210 g/mol. The van der Waals surface area contributed by atoms with Crippen LogP contribution in [0.2, 0.25) is 0 Å². The molecule has 1 saturated heterocycles. The summed E-state index contributed by atoms with van der Waals surface area (Å²) in [7, 11) is 0. The van der Waals surface area contributed by atoms with Gasteiger partial charge in [-0.05, 0) is 51.1 Å². The predicted molar refractivity (Wildman–Crippen MR) is 70.0 cm³/mol. The first-order chi connectivity index (χ1) is 8.22. The van der Waals surface area contributed by atoms with Crippen LogP contribution < -0.4 is 10.2 Å². The van der Waals surface area contributed by atoms with Crippen molar-refractivity contribution in [2.24, 2.45) is 0 Å². The summed E-state index contributed by atoms with van der Waals surface area (Å²) in [5.74, 6) is 0. The van der Waals surface area contributed by atoms with Gasteiger partial charge < -0.3 is 10.2 Å². The molecule has 0 radical (unpaired) electrons. The van der Waals surface area contributed by atoms with Gasteiger partial charge in [0.15, 0.2) is 0 Å². The second-order valence-electron chi connectivity index (χ2n) is 4.76. The maximum absolute atomic E-state index is 8.81. The number of rotatable bonds is 1. The van der Waals surface area contributed by atoms with Crippen LogP contribution in [0.3, 0.4) is 0 Å². The molecule has 2 rings (SSSR count). The molecule has 0 spiro atoms. The van der Waals surface area contributed by atoms with E-state index in [-0.39, 0.29) is 0 Å². The molecule has 3 nitrogen and oxygen atoms in total. The van der Waals surface area contributed by atoms with Gasteiger partial charge in [0, 0.05) is 24.3 Å². The zero-order valence-corrected chi connectivity index (χ0v) is 10.5. The highest BCUT2D eigenvalue weighted by Crippen LogP contribution is 2.23. The fourth-order valence-electron chi connectivity index (χ4n) is 2.51. The summed E-state index contributed by atoms with van der Waals surface area (Å²) in [6.07, 6.45) is 1.16. The van der Waals surface area contributed by atoms with Crippen LogP contribution >= 0.6 is 0 Å². The third-order valence-corrected chi connectivity index (χ3v) is 3.42. The summed E-state index contributed by atoms with van der Waals surface area (Å²) >= 11 is 0. The Morgan fingerprint density at radius 3 is 2.59 bits per heavy atom. The molecule has 1 aliphatic rings. The van der Waals surface area contributed by atoms with E-state index >= 15 is 0 Å². The van der Waals surface area contributed by atoms with E-state index in [1.807, 2.05) is 12.1 Å². The van der Waals surface area contributed by atoms with E-state index in [1.54, 1.807) is 0 Å². The van der Waals surface area contributed by atoms with Crippen molar-refractivity contribution in [3.63, 3.8) is 0 Å². The molecule has 90 valence electrons. The summed E-state index contributed by atoms with van der Waals surface area (Å²) < 4.78 is 0. The minimum atomic E-state index is 0.487. The third-order valence-electron chi connectivity index (χ3n) is 3.42. The lowest BCUT2D eigenvalue weighted by Crippen LogP contribution is -2.41. The highest BCUT2D eigenvalue weighted by atomic mass is 15.2. The zero-order valence-electron chi connectivity index (χ0n) is 10.5. The number of nitriles is 1. The van der Waals surface area contributed by atoms with E-state index in [2.05, 4.69) is 42.3 Å². The fourth-order valence-corrected chi connectivity index (χ4v) is 2.51. The van der Waals surface area contributed by atoms with Crippen LogP contribution in [-0.4, -0.2) is 25.2 Å². The predicted octanol–water partition coefficient (Wildman–Crippen LogP) is 2.13. The minimum absolute atomic E-state index is 0.487. The summed E-state index contributed by atoms with van der Waals surface area (Å²) in [6, 6.07) is 11.1. The Balaban J connectivity index is 2.25. The summed E-state index contributed by atoms with van der Waals surface area (Å²) in [5, 5.41) is 12.3. The molecule has 1 aromatic rings. The quantitative estimate of drug-likeness (QED) is 0.802. The monoisotopic (exact) mass is 229 g/mol. The summed E-state index contributed by atoms with van der Waals surface area (Å²) in [5.41, 5.74) is 1.94. The van der Waals surface area contributed by atoms with Gasteiger partial charge in [0.1, 0.15) is 0 Å². The Morgan fingerprint density at radius 2 is 1.94 bits per heavy atom. The number of benzene rings is 1. The molecule has 17 heavy (non-hydrogen) atoms. The number of nitrogens with zero attached hydrogens (tertiary/aromatic N) is 2. The van der Waals surface area contributed by atoms with Gasteiger partial charge in [-0.15, -0.1) is 0 Å². The van der Waals surface area contributed by atoms with Crippen LogP contribution in [0.1, 0.15) is 25.8 Å². The minimum Gasteiger partial charge on any atom is -0.365 e. The molecule has 0 saturated carbocycles. The van der Waals surface area contributed by atoms with Crippen LogP contribution in [0.5, 0.6) is 0 Å². The molecule has 1 heterocycles. The normalized spacial score (nSPS) is 25.1. The van der Waals surface area contributed by atoms with Gasteiger partial charge in [-0.2, -0.15) is 5.26 Å². The Morgan fingerprint density at radius 1 is 1.24 bits per heavy atom. The van der Waals surface area contributed by atoms with Gasteiger partial charge in [-0.3, -0.25) is 0 Å². The molecular formula is C14H19N3. The van der Waals surface area contributed by atoms with E-state index in [4.69, 9.17) is 5.26 Å². The number of hydrogen-bond donors (Lipinski definition) is 1. The molecule has 3 heteroatoms. The van der Waals surface area contributed by atoms with Crippen molar-refractivity contribution < 1.29 is 0 Å². The summed E-state index contributed by atoms with van der Waals surface area (Å²) in [6.45, 7) is 6.61. The van der Waals surface area contributed by atoms with Crippen molar-refractivity contribution in [2.75, 3.05) is 18.0 Å². The van der Waals surface area contributed by atoms with Crippen LogP contribution in [-0.2, 0) is 0 Å². The molecule has 1 aromatic carbocycles. The smallest absolute Gasteiger partial charge is 0.0991 e. The first-order valence-electron chi connectivity index (χ1n) is 6.21. The lowest BCUT2D eigenvalue weighted by Gasteiger charge is -2.34. The van der Waals surface area contributed by atoms with Gasteiger partial charge in [0.2, 0.25) is 0 Å². The Hall–Kier alpha value is -1.53. The van der Waals surface area contributed by atoms with Crippen LogP contribution in [0.25, 0.3) is 0 Å². The van der Waals surface area contributed by atoms with E-state index in [0.29, 0.717) is 12.1 Å². The molecule has 2 atom stereocenters. The van der Waals surface area contributed by atoms with Gasteiger partial charge in [0.05, 0.1) is 11.6 Å². The molecule has 1 aliphatic heterocycles. The Kier molecular flexibility index (Phi) is 3.65. The molecule has 1 fully saturated rings. The van der Waals surface area contributed by atoms with E-state index in [0.717, 1.165) is 25.1 Å². The molecule has 0 amide bonds. The van der Waals surface area contributed by atoms with Crippen molar-refractivity contribution in [3.8, 4) is 6.07 Å². The maximum Gasteiger partial charge on any atom is 0.0991 e. The Labute approximate surface area is 103 Å². The molecule has 0 aliphatic carbocycles. The average Bonchev–Trinajstić information content (AvgIpc) is 2.51. The first-order valence-corrected chi connectivity index (χ1v) is 6.21. The van der Waals surface area contributed by atoms with Crippen LogP contribution in [0, 0.1) is 11.3 Å². The first kappa shape index (κ1) is 11.9. The van der Waals surface area contributed by atoms with E-state index in [9.17, 15) is 0 Å². The Bertz CT molecular complexity index is 392. The van der Waals surface area contributed by atoms with E-state index in [1.165, 1.54) is 5.69 Å². The second-order valence-corrected chi connectivity index (χ2v) is 4.76. The lowest BCUT2D eigenvalue weighted by atomic mass is 10.1. The SMILES string of the molecule is CC1CCNCC(C)N1c1ccc(C#N)cc1. The number of anilines is 1. The van der Waals surface area contributed by atoms with Crippen molar-refractivity contribution in [2.45, 2.75) is 32.4 Å². The van der Waals surface area contributed by atoms with Gasteiger partial charge >= 0.3 is 0 Å². The average molecular weight is 229 g/mol. The van der Waals surface area contributed by atoms with Crippen molar-refractivity contribution in [3.05, 3.63) is 29.8 Å². The second kappa shape index (κ2) is 5.20. The highest BCUT2D eigenvalue weighted by Gasteiger charge is 2.22. The summed E-state index contributed by atoms with van der Waals surface area (Å²) in [4.78, 5) is 2.45. The zero-order chi connectivity index (χ0) is 12.3. The standard InChI is InChI=1S/C14H19N3/c1-11-7-8-16-10-12(2)17(11)14-5-3-13(9-15)4-6-14/h3-6,11-12,16H,7-8,10H2,1-2H3. The van der Waals surface area contributed by atoms with Crippen LogP contribution in [0.4, 0.5) is 5.69 Å². The van der Waals surface area contributed by atoms with Crippen molar-refractivity contribution in [1.29, 1.82) is 5.26 Å². The molecule has 2 unspecified atom stereocenters. The molecule has 0 bridgehead atoms. The third kappa shape index (κ3) is 2.59. The lowest BCUT2D eigenvalue weighted by molar-refractivity contribution is 0.575. The van der Waals surface area contributed by atoms with Crippen molar-refractivity contribution >= 4 is 5.69 Å². The topological polar surface area (TPSA) is 39.1 Å². The molecule has 1 N–H and O–H groups in total. The highest BCUT2D eigenvalue weighted by molar-refractivity contribution is 5.51. The van der Waals surface area contributed by atoms with Gasteiger partial charge in [-0.25, -0.2) is 0 Å². The molecule has 0 aromatic heterocycles. The van der Waals surface area contributed by atoms with E-state index < -0.39 is 0 Å². The van der Waals surface area contributed by atoms with Gasteiger partial charge in [0.25, 0.3) is 0 Å².